The molecule has 0 saturated carbocycles. The van der Waals surface area contributed by atoms with Crippen LogP contribution in [-0.4, -0.2) is 26.1 Å². The number of H-pyrrole nitrogens is 1. The van der Waals surface area contributed by atoms with Crippen LogP contribution >= 0.6 is 11.6 Å². The minimum absolute atomic E-state index is 0.0221. The Bertz CT molecular complexity index is 530. The van der Waals surface area contributed by atoms with E-state index in [4.69, 9.17) is 11.6 Å². The molecule has 2 heterocycles. The average Bonchev–Trinajstić information content (AvgIpc) is 2.82. The number of nitrogens with one attached hydrogen (secondary N) is 2. The highest BCUT2D eigenvalue weighted by molar-refractivity contribution is 6.32. The highest BCUT2D eigenvalue weighted by atomic mass is 35.5. The smallest absolute Gasteiger partial charge is 0.254 e. The Hall–Kier alpha value is -2.02. The topological polar surface area (TPSA) is 83.6 Å². The number of hydrogen-bond donors (Lipinski definition) is 2. The number of nitrogens with zero attached hydrogens (tertiary/aromatic N) is 3. The maximum Gasteiger partial charge on any atom is 0.254 e. The van der Waals surface area contributed by atoms with Crippen molar-refractivity contribution in [1.29, 1.82) is 0 Å². The molecule has 2 N–H and O–H groups in total. The van der Waals surface area contributed by atoms with E-state index in [9.17, 15) is 9.18 Å². The molecule has 8 heteroatoms. The maximum atomic E-state index is 12.9. The molecular weight excluding hydrogens is 249 g/mol. The van der Waals surface area contributed by atoms with Crippen LogP contribution < -0.4 is 5.32 Å². The predicted octanol–water partition coefficient (Wildman–Crippen LogP) is 0.922. The summed E-state index contributed by atoms with van der Waals surface area (Å²) in [7, 11) is 0. The standard InChI is InChI=1S/C9H7ClFN5O/c10-8-6(1-5(11)2-12-8)9(17)13-3-7-14-4-15-16-7/h1-2,4H,3H2,(H,13,17)(H,14,15,16). The molecule has 17 heavy (non-hydrogen) atoms. The first-order chi connectivity index (χ1) is 8.16. The van der Waals surface area contributed by atoms with E-state index < -0.39 is 11.7 Å². The quantitative estimate of drug-likeness (QED) is 0.799. The largest absolute Gasteiger partial charge is 0.345 e. The fourth-order valence-electron chi connectivity index (χ4n) is 1.16. The van der Waals surface area contributed by atoms with E-state index >= 15 is 0 Å². The third-order valence-electron chi connectivity index (χ3n) is 1.93. The van der Waals surface area contributed by atoms with Gasteiger partial charge in [0.15, 0.2) is 0 Å². The van der Waals surface area contributed by atoms with Gasteiger partial charge < -0.3 is 5.32 Å². The van der Waals surface area contributed by atoms with Gasteiger partial charge in [0, 0.05) is 0 Å². The lowest BCUT2D eigenvalue weighted by atomic mass is 10.2. The molecular formula is C9H7ClFN5O. The molecule has 0 aliphatic heterocycles. The van der Waals surface area contributed by atoms with Crippen LogP contribution in [0.1, 0.15) is 16.2 Å². The molecule has 0 atom stereocenters. The molecule has 0 bridgehead atoms. The normalized spacial score (nSPS) is 10.2. The summed E-state index contributed by atoms with van der Waals surface area (Å²) >= 11 is 5.68. The minimum Gasteiger partial charge on any atom is -0.345 e. The van der Waals surface area contributed by atoms with Crippen LogP contribution in [-0.2, 0) is 6.54 Å². The van der Waals surface area contributed by atoms with Crippen molar-refractivity contribution in [2.75, 3.05) is 0 Å². The van der Waals surface area contributed by atoms with Gasteiger partial charge in [-0.2, -0.15) is 5.10 Å². The van der Waals surface area contributed by atoms with Crippen LogP contribution in [0.2, 0.25) is 5.15 Å². The molecule has 0 unspecified atom stereocenters. The Balaban J connectivity index is 2.07. The van der Waals surface area contributed by atoms with Crippen molar-refractivity contribution in [2.24, 2.45) is 0 Å². The van der Waals surface area contributed by atoms with Crippen molar-refractivity contribution < 1.29 is 9.18 Å². The average molecular weight is 256 g/mol. The van der Waals surface area contributed by atoms with Gasteiger partial charge in [0.25, 0.3) is 5.91 Å². The zero-order valence-corrected chi connectivity index (χ0v) is 9.20. The lowest BCUT2D eigenvalue weighted by molar-refractivity contribution is 0.0949. The van der Waals surface area contributed by atoms with Crippen LogP contribution in [0.5, 0.6) is 0 Å². The lowest BCUT2D eigenvalue weighted by Crippen LogP contribution is -2.24. The van der Waals surface area contributed by atoms with Crippen molar-refractivity contribution in [2.45, 2.75) is 6.54 Å². The molecule has 0 aromatic carbocycles. The van der Waals surface area contributed by atoms with E-state index in [0.29, 0.717) is 5.82 Å². The number of aromatic nitrogens is 4. The van der Waals surface area contributed by atoms with Gasteiger partial charge in [-0.3, -0.25) is 9.89 Å². The number of pyridine rings is 1. The number of carbonyl (C=O) groups excluding carboxylic acids is 1. The van der Waals surface area contributed by atoms with Crippen molar-refractivity contribution >= 4 is 17.5 Å². The van der Waals surface area contributed by atoms with Gasteiger partial charge in [-0.25, -0.2) is 14.4 Å². The van der Waals surface area contributed by atoms with Crippen LogP contribution in [0.3, 0.4) is 0 Å². The van der Waals surface area contributed by atoms with E-state index in [1.165, 1.54) is 6.33 Å². The highest BCUT2D eigenvalue weighted by Gasteiger charge is 2.12. The summed E-state index contributed by atoms with van der Waals surface area (Å²) in [6.07, 6.45) is 2.26. The van der Waals surface area contributed by atoms with Crippen LogP contribution in [0.25, 0.3) is 0 Å². The highest BCUT2D eigenvalue weighted by Crippen LogP contribution is 2.13. The molecule has 0 aliphatic rings. The molecule has 2 aromatic rings. The second kappa shape index (κ2) is 4.88. The summed E-state index contributed by atoms with van der Waals surface area (Å²) in [5.41, 5.74) is -0.0221. The molecule has 0 aliphatic carbocycles. The Morgan fingerprint density at radius 2 is 2.35 bits per heavy atom. The van der Waals surface area contributed by atoms with Crippen LogP contribution in [0.15, 0.2) is 18.6 Å². The molecule has 0 saturated heterocycles. The molecule has 0 spiro atoms. The predicted molar refractivity (Wildman–Crippen MR) is 56.8 cm³/mol. The third-order valence-corrected chi connectivity index (χ3v) is 2.23. The van der Waals surface area contributed by atoms with Gasteiger partial charge in [0.2, 0.25) is 0 Å². The van der Waals surface area contributed by atoms with E-state index in [-0.39, 0.29) is 17.3 Å². The van der Waals surface area contributed by atoms with Crippen molar-refractivity contribution in [3.63, 3.8) is 0 Å². The third kappa shape index (κ3) is 2.76. The van der Waals surface area contributed by atoms with Crippen LogP contribution in [0.4, 0.5) is 4.39 Å². The molecule has 88 valence electrons. The zero-order valence-electron chi connectivity index (χ0n) is 8.44. The molecule has 0 radical (unpaired) electrons. The monoisotopic (exact) mass is 255 g/mol. The number of hydrogen-bond acceptors (Lipinski definition) is 4. The fraction of sp³-hybridized carbons (Fsp3) is 0.111. The summed E-state index contributed by atoms with van der Waals surface area (Å²) in [4.78, 5) is 19.0. The first-order valence-electron chi connectivity index (χ1n) is 4.60. The number of carbonyl (C=O) groups is 1. The van der Waals surface area contributed by atoms with Gasteiger partial charge in [0.1, 0.15) is 23.1 Å². The van der Waals surface area contributed by atoms with E-state index in [2.05, 4.69) is 25.5 Å². The Kier molecular flexibility index (Phi) is 3.29. The minimum atomic E-state index is -0.626. The summed E-state index contributed by atoms with van der Waals surface area (Å²) in [5.74, 6) is -0.670. The first-order valence-corrected chi connectivity index (χ1v) is 4.98. The van der Waals surface area contributed by atoms with Gasteiger partial charge in [-0.05, 0) is 6.07 Å². The Labute approximate surface area is 100 Å². The zero-order chi connectivity index (χ0) is 12.3. The summed E-state index contributed by atoms with van der Waals surface area (Å²) < 4.78 is 12.9. The van der Waals surface area contributed by atoms with E-state index in [0.717, 1.165) is 12.3 Å². The SMILES string of the molecule is O=C(NCc1ncn[nH]1)c1cc(F)cnc1Cl. The van der Waals surface area contributed by atoms with Crippen LogP contribution in [0, 0.1) is 5.82 Å². The molecule has 2 aromatic heterocycles. The second-order valence-electron chi connectivity index (χ2n) is 3.11. The van der Waals surface area contributed by atoms with Gasteiger partial charge in [-0.1, -0.05) is 11.6 Å². The van der Waals surface area contributed by atoms with Crippen molar-refractivity contribution in [1.82, 2.24) is 25.5 Å². The lowest BCUT2D eigenvalue weighted by Gasteiger charge is -2.04. The molecule has 0 fully saturated rings. The van der Waals surface area contributed by atoms with E-state index in [1.54, 1.807) is 0 Å². The number of halogens is 2. The summed E-state index contributed by atoms with van der Waals surface area (Å²) in [5, 5.41) is 8.64. The Morgan fingerprint density at radius 1 is 1.53 bits per heavy atom. The fourth-order valence-corrected chi connectivity index (χ4v) is 1.35. The summed E-state index contributed by atoms with van der Waals surface area (Å²) in [6.45, 7) is 0.145. The molecule has 1 amide bonds. The van der Waals surface area contributed by atoms with Crippen molar-refractivity contribution in [3.8, 4) is 0 Å². The molecule has 6 nitrogen and oxygen atoms in total. The summed E-state index contributed by atoms with van der Waals surface area (Å²) in [6, 6.07) is 1.02. The number of rotatable bonds is 3. The number of amides is 1. The molecule has 2 rings (SSSR count). The van der Waals surface area contributed by atoms with Crippen molar-refractivity contribution in [3.05, 3.63) is 40.9 Å². The van der Waals surface area contributed by atoms with Gasteiger partial charge in [0.05, 0.1) is 18.3 Å². The van der Waals surface area contributed by atoms with Gasteiger partial charge in [-0.15, -0.1) is 0 Å². The van der Waals surface area contributed by atoms with E-state index in [1.807, 2.05) is 0 Å². The van der Waals surface area contributed by atoms with Gasteiger partial charge >= 0.3 is 0 Å². The number of aromatic amines is 1. The first kappa shape index (κ1) is 11.5. The maximum absolute atomic E-state index is 12.9. The second-order valence-corrected chi connectivity index (χ2v) is 3.46. The Morgan fingerprint density at radius 3 is 3.06 bits per heavy atom.